The summed E-state index contributed by atoms with van der Waals surface area (Å²) in [5.74, 6) is 0.759. The number of halogens is 1. The molecule has 3 nitrogen and oxygen atoms in total. The summed E-state index contributed by atoms with van der Waals surface area (Å²) < 4.78 is 1.77. The van der Waals surface area contributed by atoms with Crippen LogP contribution in [-0.4, -0.2) is 9.55 Å². The Bertz CT molecular complexity index is 1060. The molecule has 0 amide bonds. The normalized spacial score (nSPS) is 15.2. The second kappa shape index (κ2) is 5.60. The van der Waals surface area contributed by atoms with Crippen LogP contribution < -0.4 is 5.56 Å². The van der Waals surface area contributed by atoms with E-state index in [9.17, 15) is 4.79 Å². The lowest BCUT2D eigenvalue weighted by molar-refractivity contribution is 0.725. The van der Waals surface area contributed by atoms with Gasteiger partial charge in [-0.1, -0.05) is 35.4 Å². The van der Waals surface area contributed by atoms with E-state index in [1.54, 1.807) is 22.8 Å². The molecule has 0 unspecified atom stereocenters. The van der Waals surface area contributed by atoms with Crippen LogP contribution in [0.25, 0.3) is 22.6 Å². The van der Waals surface area contributed by atoms with Crippen LogP contribution in [-0.2, 0) is 6.54 Å². The molecule has 0 saturated carbocycles. The number of hydrogen-bond donors (Lipinski definition) is 0. The van der Waals surface area contributed by atoms with Crippen molar-refractivity contribution in [2.24, 2.45) is 0 Å². The SMILES string of the molecule is Cc1ccc(C=C2CCn3c2nc2cc(Cl)ccc2c3=O)c(C)c1. The highest BCUT2D eigenvalue weighted by Gasteiger charge is 2.21. The topological polar surface area (TPSA) is 34.9 Å². The largest absolute Gasteiger partial charge is 0.292 e. The second-order valence-corrected chi connectivity index (χ2v) is 6.77. The molecular formula is C20H17ClN2O. The van der Waals surface area contributed by atoms with Crippen LogP contribution in [0.4, 0.5) is 0 Å². The van der Waals surface area contributed by atoms with E-state index in [4.69, 9.17) is 16.6 Å². The third-order valence-electron chi connectivity index (χ3n) is 4.56. The molecular weight excluding hydrogens is 320 g/mol. The minimum Gasteiger partial charge on any atom is -0.292 e. The van der Waals surface area contributed by atoms with Crippen molar-refractivity contribution in [1.82, 2.24) is 9.55 Å². The molecule has 0 N–H and O–H groups in total. The van der Waals surface area contributed by atoms with Crippen LogP contribution in [0.3, 0.4) is 0 Å². The summed E-state index contributed by atoms with van der Waals surface area (Å²) in [6.45, 7) is 4.87. The summed E-state index contributed by atoms with van der Waals surface area (Å²) in [6, 6.07) is 11.6. The average molecular weight is 337 g/mol. The maximum absolute atomic E-state index is 12.7. The first-order valence-corrected chi connectivity index (χ1v) is 8.39. The van der Waals surface area contributed by atoms with E-state index in [1.165, 1.54) is 16.7 Å². The summed E-state index contributed by atoms with van der Waals surface area (Å²) in [4.78, 5) is 17.4. The molecule has 0 atom stereocenters. The third-order valence-corrected chi connectivity index (χ3v) is 4.80. The van der Waals surface area contributed by atoms with E-state index in [0.29, 0.717) is 22.5 Å². The standard InChI is InChI=1S/C20H17ClN2O/c1-12-3-4-14(13(2)9-12)10-15-7-8-23-19(15)22-18-11-16(21)5-6-17(18)20(23)24/h3-6,9-11H,7-8H2,1-2H3. The maximum Gasteiger partial charge on any atom is 0.261 e. The molecule has 0 radical (unpaired) electrons. The zero-order chi connectivity index (χ0) is 16.8. The van der Waals surface area contributed by atoms with Gasteiger partial charge in [0.15, 0.2) is 0 Å². The van der Waals surface area contributed by atoms with Gasteiger partial charge in [0, 0.05) is 11.6 Å². The highest BCUT2D eigenvalue weighted by molar-refractivity contribution is 6.31. The predicted octanol–water partition coefficient (Wildman–Crippen LogP) is 4.61. The zero-order valence-corrected chi connectivity index (χ0v) is 14.4. The fourth-order valence-corrected chi connectivity index (χ4v) is 3.47. The van der Waals surface area contributed by atoms with E-state index in [2.05, 4.69) is 38.1 Å². The lowest BCUT2D eigenvalue weighted by atomic mass is 10.0. The highest BCUT2D eigenvalue weighted by Crippen LogP contribution is 2.29. The number of rotatable bonds is 1. The van der Waals surface area contributed by atoms with Crippen molar-refractivity contribution < 1.29 is 0 Å². The van der Waals surface area contributed by atoms with Crippen LogP contribution >= 0.6 is 11.6 Å². The Morgan fingerprint density at radius 1 is 1.17 bits per heavy atom. The number of hydrogen-bond acceptors (Lipinski definition) is 2. The first kappa shape index (κ1) is 15.2. The molecule has 2 aromatic carbocycles. The van der Waals surface area contributed by atoms with Gasteiger partial charge in [-0.3, -0.25) is 9.36 Å². The minimum atomic E-state index is 0.00990. The Kier molecular flexibility index (Phi) is 3.54. The molecule has 0 bridgehead atoms. The van der Waals surface area contributed by atoms with Gasteiger partial charge in [0.2, 0.25) is 0 Å². The summed E-state index contributed by atoms with van der Waals surface area (Å²) in [6.07, 6.45) is 2.97. The quantitative estimate of drug-likeness (QED) is 0.650. The number of allylic oxidation sites excluding steroid dienone is 1. The Hall–Kier alpha value is -2.39. The van der Waals surface area contributed by atoms with Crippen molar-refractivity contribution in [1.29, 1.82) is 0 Å². The number of aryl methyl sites for hydroxylation is 2. The van der Waals surface area contributed by atoms with Crippen molar-refractivity contribution in [2.75, 3.05) is 0 Å². The van der Waals surface area contributed by atoms with Gasteiger partial charge in [-0.05, 0) is 61.2 Å². The summed E-state index contributed by atoms with van der Waals surface area (Å²) in [5, 5.41) is 1.22. The van der Waals surface area contributed by atoms with Crippen molar-refractivity contribution in [3.8, 4) is 0 Å². The molecule has 1 aromatic heterocycles. The van der Waals surface area contributed by atoms with E-state index in [0.717, 1.165) is 17.8 Å². The lowest BCUT2D eigenvalue weighted by Gasteiger charge is -2.07. The fourth-order valence-electron chi connectivity index (χ4n) is 3.30. The van der Waals surface area contributed by atoms with Gasteiger partial charge in [-0.25, -0.2) is 4.98 Å². The van der Waals surface area contributed by atoms with Crippen molar-refractivity contribution in [3.63, 3.8) is 0 Å². The number of aromatic nitrogens is 2. The lowest BCUT2D eigenvalue weighted by Crippen LogP contribution is -2.20. The van der Waals surface area contributed by atoms with E-state index in [-0.39, 0.29) is 5.56 Å². The molecule has 0 saturated heterocycles. The molecule has 0 fully saturated rings. The monoisotopic (exact) mass is 336 g/mol. The van der Waals surface area contributed by atoms with Crippen molar-refractivity contribution >= 4 is 34.2 Å². The summed E-state index contributed by atoms with van der Waals surface area (Å²) in [5.41, 5.74) is 5.41. The van der Waals surface area contributed by atoms with E-state index < -0.39 is 0 Å². The third kappa shape index (κ3) is 2.45. The first-order valence-electron chi connectivity index (χ1n) is 8.01. The smallest absolute Gasteiger partial charge is 0.261 e. The predicted molar refractivity (Wildman–Crippen MR) is 99.4 cm³/mol. The van der Waals surface area contributed by atoms with Crippen LogP contribution in [0.1, 0.15) is 28.9 Å². The fraction of sp³-hybridized carbons (Fsp3) is 0.200. The first-order chi connectivity index (χ1) is 11.5. The highest BCUT2D eigenvalue weighted by atomic mass is 35.5. The van der Waals surface area contributed by atoms with Gasteiger partial charge in [0.05, 0.1) is 10.9 Å². The molecule has 0 spiro atoms. The van der Waals surface area contributed by atoms with Crippen LogP contribution in [0.5, 0.6) is 0 Å². The van der Waals surface area contributed by atoms with Crippen LogP contribution in [0.2, 0.25) is 5.02 Å². The maximum atomic E-state index is 12.7. The van der Waals surface area contributed by atoms with E-state index in [1.807, 2.05) is 0 Å². The Morgan fingerprint density at radius 3 is 2.79 bits per heavy atom. The molecule has 120 valence electrons. The Balaban J connectivity index is 1.91. The zero-order valence-electron chi connectivity index (χ0n) is 13.6. The van der Waals surface area contributed by atoms with Gasteiger partial charge in [-0.15, -0.1) is 0 Å². The molecule has 1 aliphatic heterocycles. The van der Waals surface area contributed by atoms with Gasteiger partial charge >= 0.3 is 0 Å². The van der Waals surface area contributed by atoms with E-state index >= 15 is 0 Å². The average Bonchev–Trinajstić information content (AvgIpc) is 2.93. The molecule has 2 heterocycles. The van der Waals surface area contributed by atoms with Gasteiger partial charge < -0.3 is 0 Å². The second-order valence-electron chi connectivity index (χ2n) is 6.33. The van der Waals surface area contributed by atoms with Gasteiger partial charge in [0.25, 0.3) is 5.56 Å². The number of fused-ring (bicyclic) bond motifs is 2. The minimum absolute atomic E-state index is 0.00990. The molecule has 4 rings (SSSR count). The van der Waals surface area contributed by atoms with Crippen molar-refractivity contribution in [3.05, 3.63) is 74.3 Å². The van der Waals surface area contributed by atoms with Gasteiger partial charge in [0.1, 0.15) is 5.82 Å². The summed E-state index contributed by atoms with van der Waals surface area (Å²) in [7, 11) is 0. The molecule has 4 heteroatoms. The Morgan fingerprint density at radius 2 is 2.00 bits per heavy atom. The number of nitrogens with zero attached hydrogens (tertiary/aromatic N) is 2. The van der Waals surface area contributed by atoms with Crippen molar-refractivity contribution in [2.45, 2.75) is 26.8 Å². The number of benzene rings is 2. The van der Waals surface area contributed by atoms with Gasteiger partial charge in [-0.2, -0.15) is 0 Å². The Labute approximate surface area is 145 Å². The molecule has 3 aromatic rings. The summed E-state index contributed by atoms with van der Waals surface area (Å²) >= 11 is 6.06. The molecule has 0 aliphatic carbocycles. The molecule has 1 aliphatic rings. The van der Waals surface area contributed by atoms with Crippen LogP contribution in [0, 0.1) is 13.8 Å². The molecule has 24 heavy (non-hydrogen) atoms. The van der Waals surface area contributed by atoms with Crippen LogP contribution in [0.15, 0.2) is 41.2 Å².